The predicted molar refractivity (Wildman–Crippen MR) is 101 cm³/mol. The van der Waals surface area contributed by atoms with E-state index in [0.29, 0.717) is 29.9 Å². The molecular weight excluding hydrogens is 314 g/mol. The molecule has 1 aromatic heterocycles. The molecule has 0 spiro atoms. The molecule has 0 saturated carbocycles. The summed E-state index contributed by atoms with van der Waals surface area (Å²) in [6.07, 6.45) is 2.28. The Bertz CT molecular complexity index is 800. The number of aromatic amines is 1. The fraction of sp³-hybridized carbons (Fsp3) is 0.450. The van der Waals surface area contributed by atoms with E-state index in [9.17, 15) is 9.90 Å². The van der Waals surface area contributed by atoms with Crippen molar-refractivity contribution in [2.45, 2.75) is 39.2 Å². The lowest BCUT2D eigenvalue weighted by Gasteiger charge is -2.21. The number of ketones is 1. The fourth-order valence-corrected chi connectivity index (χ4v) is 3.75. The molecule has 134 valence electrons. The number of nitrogens with one attached hydrogen (secondary N) is 1. The number of likely N-dealkylation sites (tertiary alicyclic amines) is 1. The topological polar surface area (TPSA) is 82.3 Å². The third-order valence-corrected chi connectivity index (χ3v) is 5.01. The summed E-state index contributed by atoms with van der Waals surface area (Å²) in [4.78, 5) is 17.9. The summed E-state index contributed by atoms with van der Waals surface area (Å²) in [5.41, 5.74) is 9.56. The average Bonchev–Trinajstić information content (AvgIpc) is 3.21. The summed E-state index contributed by atoms with van der Waals surface area (Å²) >= 11 is 0. The van der Waals surface area contributed by atoms with Crippen molar-refractivity contribution >= 4 is 22.3 Å². The van der Waals surface area contributed by atoms with Crippen LogP contribution in [-0.2, 0) is 4.79 Å². The van der Waals surface area contributed by atoms with Crippen molar-refractivity contribution in [3.05, 3.63) is 41.2 Å². The molecule has 0 amide bonds. The van der Waals surface area contributed by atoms with E-state index in [1.165, 1.54) is 19.8 Å². The number of aliphatic hydroxyl groups excluding tert-OH is 1. The average molecular weight is 341 g/mol. The molecule has 0 radical (unpaired) electrons. The van der Waals surface area contributed by atoms with Crippen molar-refractivity contribution in [2.75, 3.05) is 19.6 Å². The Labute approximate surface area is 148 Å². The number of carbonyl (C=O) groups is 1. The number of rotatable bonds is 6. The van der Waals surface area contributed by atoms with Crippen LogP contribution >= 0.6 is 0 Å². The van der Waals surface area contributed by atoms with Gasteiger partial charge in [0, 0.05) is 28.7 Å². The number of aliphatic hydroxyl groups is 1. The van der Waals surface area contributed by atoms with Gasteiger partial charge in [0.05, 0.1) is 17.4 Å². The van der Waals surface area contributed by atoms with Crippen molar-refractivity contribution in [2.24, 2.45) is 5.73 Å². The van der Waals surface area contributed by atoms with Gasteiger partial charge in [-0.25, -0.2) is 0 Å². The highest BCUT2D eigenvalue weighted by molar-refractivity contribution is 6.21. The van der Waals surface area contributed by atoms with Gasteiger partial charge in [-0.1, -0.05) is 25.1 Å². The zero-order chi connectivity index (χ0) is 18.0. The quantitative estimate of drug-likeness (QED) is 0.706. The van der Waals surface area contributed by atoms with Gasteiger partial charge in [-0.2, -0.15) is 0 Å². The summed E-state index contributed by atoms with van der Waals surface area (Å²) in [5, 5.41) is 11.9. The molecule has 2 aromatic rings. The first-order chi connectivity index (χ1) is 12.0. The zero-order valence-corrected chi connectivity index (χ0v) is 15.0. The standard InChI is InChI=1S/C20H27N3O2/c1-3-15(21)18(13(2)24)20-19(14-8-4-5-9-16(14)22-20)17(25)12-23-10-6-7-11-23/h4-5,8-9,17,22,25H,3,6-7,10-12,21H2,1-2H3/b18-15+. The monoisotopic (exact) mass is 341 g/mol. The number of hydrogen-bond donors (Lipinski definition) is 3. The van der Waals surface area contributed by atoms with Crippen LogP contribution in [0.4, 0.5) is 0 Å². The van der Waals surface area contributed by atoms with Crippen molar-refractivity contribution in [3.8, 4) is 0 Å². The van der Waals surface area contributed by atoms with Crippen LogP contribution < -0.4 is 5.73 Å². The van der Waals surface area contributed by atoms with Crippen LogP contribution in [0.25, 0.3) is 16.5 Å². The Morgan fingerprint density at radius 3 is 2.64 bits per heavy atom. The highest BCUT2D eigenvalue weighted by Gasteiger charge is 2.26. The second-order valence-electron chi connectivity index (χ2n) is 6.79. The Balaban J connectivity index is 2.12. The van der Waals surface area contributed by atoms with Gasteiger partial charge in [-0.3, -0.25) is 4.79 Å². The number of benzene rings is 1. The van der Waals surface area contributed by atoms with Crippen LogP contribution in [0.3, 0.4) is 0 Å². The van der Waals surface area contributed by atoms with Crippen LogP contribution in [-0.4, -0.2) is 40.4 Å². The number of carbonyl (C=O) groups excluding carboxylic acids is 1. The molecule has 2 heterocycles. The van der Waals surface area contributed by atoms with Gasteiger partial charge in [0.2, 0.25) is 0 Å². The van der Waals surface area contributed by atoms with Crippen LogP contribution in [0, 0.1) is 0 Å². The Morgan fingerprint density at radius 2 is 2.00 bits per heavy atom. The van der Waals surface area contributed by atoms with Crippen LogP contribution in [0.2, 0.25) is 0 Å². The molecule has 4 N–H and O–H groups in total. The molecule has 1 unspecified atom stereocenters. The first-order valence-corrected chi connectivity index (χ1v) is 9.03. The molecule has 3 rings (SSSR count). The summed E-state index contributed by atoms with van der Waals surface area (Å²) in [5.74, 6) is -0.0828. The first-order valence-electron chi connectivity index (χ1n) is 9.03. The minimum atomic E-state index is -0.664. The van der Waals surface area contributed by atoms with E-state index < -0.39 is 6.10 Å². The molecule has 1 saturated heterocycles. The largest absolute Gasteiger partial charge is 0.401 e. The third-order valence-electron chi connectivity index (χ3n) is 5.01. The smallest absolute Gasteiger partial charge is 0.163 e. The van der Waals surface area contributed by atoms with Crippen LogP contribution in [0.1, 0.15) is 50.5 Å². The molecule has 5 nitrogen and oxygen atoms in total. The highest BCUT2D eigenvalue weighted by atomic mass is 16.3. The maximum Gasteiger partial charge on any atom is 0.163 e. The minimum absolute atomic E-state index is 0.0828. The second-order valence-corrected chi connectivity index (χ2v) is 6.79. The number of allylic oxidation sites excluding steroid dienone is 2. The maximum absolute atomic E-state index is 12.3. The first kappa shape index (κ1) is 17.7. The van der Waals surface area contributed by atoms with Gasteiger partial charge >= 0.3 is 0 Å². The minimum Gasteiger partial charge on any atom is -0.401 e. The molecule has 1 aromatic carbocycles. The number of Topliss-reactive ketones (excluding diaryl/α,β-unsaturated/α-hetero) is 1. The molecular formula is C20H27N3O2. The summed E-state index contributed by atoms with van der Waals surface area (Å²) in [6.45, 7) is 6.07. The van der Waals surface area contributed by atoms with Gasteiger partial charge in [0.1, 0.15) is 0 Å². The third kappa shape index (κ3) is 3.48. The molecule has 1 atom stereocenters. The summed E-state index contributed by atoms with van der Waals surface area (Å²) in [7, 11) is 0. The van der Waals surface area contributed by atoms with Gasteiger partial charge in [0.15, 0.2) is 5.78 Å². The van der Waals surface area contributed by atoms with Crippen LogP contribution in [0.5, 0.6) is 0 Å². The van der Waals surface area contributed by atoms with E-state index in [4.69, 9.17) is 5.73 Å². The number of hydrogen-bond acceptors (Lipinski definition) is 4. The molecule has 1 aliphatic rings. The predicted octanol–water partition coefficient (Wildman–Crippen LogP) is 2.97. The van der Waals surface area contributed by atoms with Crippen molar-refractivity contribution in [1.82, 2.24) is 9.88 Å². The molecule has 5 heteroatoms. The molecule has 25 heavy (non-hydrogen) atoms. The maximum atomic E-state index is 12.3. The van der Waals surface area contributed by atoms with Crippen molar-refractivity contribution in [1.29, 1.82) is 0 Å². The molecule has 0 bridgehead atoms. The lowest BCUT2D eigenvalue weighted by atomic mass is 9.96. The van der Waals surface area contributed by atoms with E-state index in [1.54, 1.807) is 0 Å². The normalized spacial score (nSPS) is 17.7. The number of nitrogens with zero attached hydrogens (tertiary/aromatic N) is 1. The van der Waals surface area contributed by atoms with E-state index in [-0.39, 0.29) is 5.78 Å². The van der Waals surface area contributed by atoms with Gasteiger partial charge in [-0.05, 0) is 45.3 Å². The number of para-hydroxylation sites is 1. The van der Waals surface area contributed by atoms with Gasteiger partial charge in [0.25, 0.3) is 0 Å². The van der Waals surface area contributed by atoms with Crippen molar-refractivity contribution in [3.63, 3.8) is 0 Å². The summed E-state index contributed by atoms with van der Waals surface area (Å²) < 4.78 is 0. The second kappa shape index (κ2) is 7.42. The number of nitrogens with two attached hydrogens (primary N) is 1. The van der Waals surface area contributed by atoms with Gasteiger partial charge < -0.3 is 20.7 Å². The van der Waals surface area contributed by atoms with Crippen LogP contribution in [0.15, 0.2) is 30.0 Å². The van der Waals surface area contributed by atoms with E-state index in [1.807, 2.05) is 31.2 Å². The number of aromatic nitrogens is 1. The number of H-pyrrole nitrogens is 1. The lowest BCUT2D eigenvalue weighted by Crippen LogP contribution is -2.26. The van der Waals surface area contributed by atoms with E-state index >= 15 is 0 Å². The Kier molecular flexibility index (Phi) is 5.25. The van der Waals surface area contributed by atoms with E-state index in [0.717, 1.165) is 29.6 Å². The lowest BCUT2D eigenvalue weighted by molar-refractivity contribution is -0.111. The van der Waals surface area contributed by atoms with Crippen molar-refractivity contribution < 1.29 is 9.90 Å². The van der Waals surface area contributed by atoms with Gasteiger partial charge in [-0.15, -0.1) is 0 Å². The SMILES string of the molecule is CC/C(N)=C(/C(C)=O)c1[nH]c2ccccc2c1C(O)CN1CCCC1. The Morgan fingerprint density at radius 1 is 1.32 bits per heavy atom. The molecule has 1 fully saturated rings. The molecule has 1 aliphatic heterocycles. The zero-order valence-electron chi connectivity index (χ0n) is 15.0. The fourth-order valence-electron chi connectivity index (χ4n) is 3.75. The highest BCUT2D eigenvalue weighted by Crippen LogP contribution is 2.34. The molecule has 0 aliphatic carbocycles. The summed E-state index contributed by atoms with van der Waals surface area (Å²) in [6, 6.07) is 7.84. The van der Waals surface area contributed by atoms with E-state index in [2.05, 4.69) is 9.88 Å². The number of fused-ring (bicyclic) bond motifs is 1. The Hall–Kier alpha value is -2.11. The number of β-amino-alcohol motifs (C(OH)–C–C–N with tert-alkyl or cyclic N) is 1.